The average Bonchev–Trinajstić information content (AvgIpc) is 3.28. The molecular weight excluding hydrogens is 412 g/mol. The van der Waals surface area contributed by atoms with Crippen LogP contribution in [0.1, 0.15) is 31.7 Å². The Morgan fingerprint density at radius 2 is 1.87 bits per heavy atom. The monoisotopic (exact) mass is 440 g/mol. The SMILES string of the molecule is CCNc1nc(N2CCCCC2)nc(-n2cnc(SCCOc3ccccc3C)n2)n1. The first-order chi connectivity index (χ1) is 15.2. The van der Waals surface area contributed by atoms with Gasteiger partial charge in [-0.3, -0.25) is 0 Å². The van der Waals surface area contributed by atoms with E-state index in [2.05, 4.69) is 35.3 Å². The molecule has 9 nitrogen and oxygen atoms in total. The summed E-state index contributed by atoms with van der Waals surface area (Å²) < 4.78 is 7.46. The molecule has 0 amide bonds. The Balaban J connectivity index is 1.41. The van der Waals surface area contributed by atoms with Crippen LogP contribution < -0.4 is 15.0 Å². The van der Waals surface area contributed by atoms with Crippen LogP contribution in [0.2, 0.25) is 0 Å². The van der Waals surface area contributed by atoms with Crippen molar-refractivity contribution in [2.45, 2.75) is 38.3 Å². The Labute approximate surface area is 186 Å². The van der Waals surface area contributed by atoms with E-state index < -0.39 is 0 Å². The third-order valence-corrected chi connectivity index (χ3v) is 5.74. The van der Waals surface area contributed by atoms with E-state index in [1.165, 1.54) is 6.42 Å². The minimum Gasteiger partial charge on any atom is -0.492 e. The third kappa shape index (κ3) is 5.63. The number of thioether (sulfide) groups is 1. The molecule has 0 atom stereocenters. The fourth-order valence-electron chi connectivity index (χ4n) is 3.34. The molecule has 0 aliphatic carbocycles. The second-order valence-electron chi connectivity index (χ2n) is 7.27. The number of ether oxygens (including phenoxy) is 1. The van der Waals surface area contributed by atoms with E-state index >= 15 is 0 Å². The molecule has 31 heavy (non-hydrogen) atoms. The predicted octanol–water partition coefficient (Wildman–Crippen LogP) is 3.35. The number of aromatic nitrogens is 6. The number of para-hydroxylation sites is 1. The van der Waals surface area contributed by atoms with Crippen LogP contribution in [0.5, 0.6) is 5.75 Å². The molecule has 1 saturated heterocycles. The van der Waals surface area contributed by atoms with Gasteiger partial charge in [-0.1, -0.05) is 30.0 Å². The summed E-state index contributed by atoms with van der Waals surface area (Å²) in [6.45, 7) is 7.32. The van der Waals surface area contributed by atoms with Crippen LogP contribution in [0.3, 0.4) is 0 Å². The maximum atomic E-state index is 5.85. The molecule has 1 fully saturated rings. The largest absolute Gasteiger partial charge is 0.492 e. The molecule has 0 radical (unpaired) electrons. The molecular formula is C21H28N8OS. The Kier molecular flexibility index (Phi) is 7.18. The minimum atomic E-state index is 0.474. The summed E-state index contributed by atoms with van der Waals surface area (Å²) in [7, 11) is 0. The second-order valence-corrected chi connectivity index (χ2v) is 8.33. The number of nitrogens with one attached hydrogen (secondary N) is 1. The Hall–Kier alpha value is -2.88. The molecule has 1 aromatic carbocycles. The lowest BCUT2D eigenvalue weighted by molar-refractivity contribution is 0.341. The van der Waals surface area contributed by atoms with Gasteiger partial charge in [0.2, 0.25) is 17.1 Å². The summed E-state index contributed by atoms with van der Waals surface area (Å²) in [6.07, 6.45) is 5.22. The normalized spacial score (nSPS) is 13.9. The summed E-state index contributed by atoms with van der Waals surface area (Å²) in [5.74, 6) is 3.38. The van der Waals surface area contributed by atoms with E-state index in [1.54, 1.807) is 22.8 Å². The highest BCUT2D eigenvalue weighted by atomic mass is 32.2. The van der Waals surface area contributed by atoms with E-state index in [0.717, 1.165) is 49.5 Å². The van der Waals surface area contributed by atoms with Gasteiger partial charge in [-0.15, -0.1) is 5.10 Å². The maximum Gasteiger partial charge on any atom is 0.258 e. The second kappa shape index (κ2) is 10.4. The van der Waals surface area contributed by atoms with Gasteiger partial charge in [0.1, 0.15) is 12.1 Å². The summed E-state index contributed by atoms with van der Waals surface area (Å²) >= 11 is 1.54. The van der Waals surface area contributed by atoms with Crippen molar-refractivity contribution in [3.8, 4) is 11.7 Å². The number of rotatable bonds is 9. The highest BCUT2D eigenvalue weighted by Crippen LogP contribution is 2.20. The topological polar surface area (TPSA) is 93.9 Å². The summed E-state index contributed by atoms with van der Waals surface area (Å²) in [4.78, 5) is 20.4. The minimum absolute atomic E-state index is 0.474. The van der Waals surface area contributed by atoms with Gasteiger partial charge in [-0.25, -0.2) is 4.98 Å². The first kappa shape index (κ1) is 21.4. The van der Waals surface area contributed by atoms with Gasteiger partial charge < -0.3 is 15.0 Å². The molecule has 0 bridgehead atoms. The number of nitrogens with zero attached hydrogens (tertiary/aromatic N) is 7. The van der Waals surface area contributed by atoms with Crippen LogP contribution in [0.15, 0.2) is 35.7 Å². The van der Waals surface area contributed by atoms with Crippen molar-refractivity contribution < 1.29 is 4.74 Å². The van der Waals surface area contributed by atoms with E-state index in [0.29, 0.717) is 29.6 Å². The van der Waals surface area contributed by atoms with E-state index in [1.807, 2.05) is 38.1 Å². The lowest BCUT2D eigenvalue weighted by Crippen LogP contribution is -2.31. The predicted molar refractivity (Wildman–Crippen MR) is 122 cm³/mol. The molecule has 2 aromatic heterocycles. The van der Waals surface area contributed by atoms with Crippen LogP contribution in [-0.2, 0) is 0 Å². The van der Waals surface area contributed by atoms with Gasteiger partial charge in [0.15, 0.2) is 0 Å². The molecule has 1 aliphatic heterocycles. The first-order valence-corrected chi connectivity index (χ1v) is 11.7. The number of hydrogen-bond acceptors (Lipinski definition) is 9. The fraction of sp³-hybridized carbons (Fsp3) is 0.476. The van der Waals surface area contributed by atoms with Crippen LogP contribution in [0.4, 0.5) is 11.9 Å². The zero-order chi connectivity index (χ0) is 21.5. The Bertz CT molecular complexity index is 989. The van der Waals surface area contributed by atoms with Crippen LogP contribution >= 0.6 is 11.8 Å². The van der Waals surface area contributed by atoms with Crippen molar-refractivity contribution in [2.75, 3.05) is 42.2 Å². The Morgan fingerprint density at radius 3 is 2.68 bits per heavy atom. The summed E-state index contributed by atoms with van der Waals surface area (Å²) in [6, 6.07) is 8.01. The zero-order valence-corrected chi connectivity index (χ0v) is 18.8. The van der Waals surface area contributed by atoms with Gasteiger partial charge in [0.05, 0.1) is 6.61 Å². The number of piperidine rings is 1. The lowest BCUT2D eigenvalue weighted by atomic mass is 10.1. The van der Waals surface area contributed by atoms with Crippen molar-refractivity contribution in [1.82, 2.24) is 29.7 Å². The molecule has 3 aromatic rings. The van der Waals surface area contributed by atoms with Crippen LogP contribution in [0.25, 0.3) is 5.95 Å². The average molecular weight is 441 g/mol. The van der Waals surface area contributed by atoms with Gasteiger partial charge in [0.25, 0.3) is 5.95 Å². The maximum absolute atomic E-state index is 5.85. The molecule has 0 unspecified atom stereocenters. The Morgan fingerprint density at radius 1 is 1.06 bits per heavy atom. The third-order valence-electron chi connectivity index (χ3n) is 4.93. The molecule has 4 rings (SSSR count). The number of anilines is 2. The van der Waals surface area contributed by atoms with Gasteiger partial charge >= 0.3 is 0 Å². The molecule has 1 aliphatic rings. The van der Waals surface area contributed by atoms with Gasteiger partial charge in [-0.2, -0.15) is 19.6 Å². The van der Waals surface area contributed by atoms with Crippen molar-refractivity contribution >= 4 is 23.7 Å². The number of aryl methyl sites for hydroxylation is 1. The molecule has 0 saturated carbocycles. The van der Waals surface area contributed by atoms with Crippen LogP contribution in [-0.4, -0.2) is 61.7 Å². The standard InChI is InChI=1S/C21H28N8OS/c1-3-22-18-24-19(28-11-7-4-8-12-28)26-20(25-18)29-15-23-21(27-29)31-14-13-30-17-10-6-5-9-16(17)2/h5-6,9-10,15H,3-4,7-8,11-14H2,1-2H3,(H,22,24,25,26). The van der Waals surface area contributed by atoms with Gasteiger partial charge in [0, 0.05) is 25.4 Å². The summed E-state index contributed by atoms with van der Waals surface area (Å²) in [5.41, 5.74) is 1.13. The number of hydrogen-bond donors (Lipinski definition) is 1. The number of benzene rings is 1. The molecule has 0 spiro atoms. The zero-order valence-electron chi connectivity index (χ0n) is 18.0. The highest BCUT2D eigenvalue weighted by Gasteiger charge is 2.17. The molecule has 1 N–H and O–H groups in total. The van der Waals surface area contributed by atoms with E-state index in [4.69, 9.17) is 4.74 Å². The summed E-state index contributed by atoms with van der Waals surface area (Å²) in [5, 5.41) is 8.40. The van der Waals surface area contributed by atoms with Crippen molar-refractivity contribution in [2.24, 2.45) is 0 Å². The van der Waals surface area contributed by atoms with Gasteiger partial charge in [-0.05, 0) is 44.7 Å². The van der Waals surface area contributed by atoms with Crippen molar-refractivity contribution in [3.63, 3.8) is 0 Å². The van der Waals surface area contributed by atoms with Crippen molar-refractivity contribution in [1.29, 1.82) is 0 Å². The molecule has 164 valence electrons. The molecule has 10 heteroatoms. The van der Waals surface area contributed by atoms with E-state index in [9.17, 15) is 0 Å². The first-order valence-electron chi connectivity index (χ1n) is 10.7. The van der Waals surface area contributed by atoms with Crippen molar-refractivity contribution in [3.05, 3.63) is 36.2 Å². The smallest absolute Gasteiger partial charge is 0.258 e. The lowest BCUT2D eigenvalue weighted by Gasteiger charge is -2.26. The highest BCUT2D eigenvalue weighted by molar-refractivity contribution is 7.99. The quantitative estimate of drug-likeness (QED) is 0.397. The fourth-order valence-corrected chi connectivity index (χ4v) is 3.96. The van der Waals surface area contributed by atoms with E-state index in [-0.39, 0.29) is 0 Å². The van der Waals surface area contributed by atoms with Crippen LogP contribution in [0, 0.1) is 6.92 Å². The molecule has 3 heterocycles.